The third-order valence-electron chi connectivity index (χ3n) is 4.00. The highest BCUT2D eigenvalue weighted by atomic mass is 32.1. The molecule has 0 atom stereocenters. The van der Waals surface area contributed by atoms with Crippen LogP contribution >= 0.6 is 12.2 Å². The highest BCUT2D eigenvalue weighted by molar-refractivity contribution is 7.80. The Kier molecular flexibility index (Phi) is 6.84. The maximum Gasteiger partial charge on any atom is 0.257 e. The van der Waals surface area contributed by atoms with E-state index >= 15 is 0 Å². The van der Waals surface area contributed by atoms with Crippen LogP contribution in [0, 0.1) is 5.92 Å². The first-order valence-electron chi connectivity index (χ1n) is 8.39. The second kappa shape index (κ2) is 8.87. The van der Waals surface area contributed by atoms with Crippen LogP contribution in [0.15, 0.2) is 24.3 Å². The van der Waals surface area contributed by atoms with Crippen molar-refractivity contribution in [1.82, 2.24) is 10.6 Å². The quantitative estimate of drug-likeness (QED) is 0.780. The molecule has 0 saturated heterocycles. The molecule has 0 aliphatic heterocycles. The van der Waals surface area contributed by atoms with E-state index in [2.05, 4.69) is 24.5 Å². The van der Waals surface area contributed by atoms with Crippen LogP contribution in [0.5, 0.6) is 5.75 Å². The van der Waals surface area contributed by atoms with E-state index in [4.69, 9.17) is 17.0 Å². The van der Waals surface area contributed by atoms with Crippen LogP contribution in [0.25, 0.3) is 0 Å². The van der Waals surface area contributed by atoms with Gasteiger partial charge in [-0.25, -0.2) is 0 Å². The van der Waals surface area contributed by atoms with Crippen LogP contribution in [0.2, 0.25) is 0 Å². The van der Waals surface area contributed by atoms with E-state index in [9.17, 15) is 4.79 Å². The Hall–Kier alpha value is -1.62. The van der Waals surface area contributed by atoms with Gasteiger partial charge in [-0.2, -0.15) is 0 Å². The maximum atomic E-state index is 12.2. The SMILES string of the molecule is CC(C)CCOc1ccc(C(=O)NC(=S)NC2CCCC2)cc1. The minimum atomic E-state index is -0.186. The van der Waals surface area contributed by atoms with Gasteiger partial charge in [-0.1, -0.05) is 26.7 Å². The first-order valence-corrected chi connectivity index (χ1v) is 8.80. The van der Waals surface area contributed by atoms with Crippen LogP contribution < -0.4 is 15.4 Å². The highest BCUT2D eigenvalue weighted by Crippen LogP contribution is 2.17. The van der Waals surface area contributed by atoms with E-state index in [1.807, 2.05) is 12.1 Å². The van der Waals surface area contributed by atoms with Crippen LogP contribution in [-0.4, -0.2) is 23.7 Å². The Morgan fingerprint density at radius 1 is 1.26 bits per heavy atom. The molecule has 23 heavy (non-hydrogen) atoms. The van der Waals surface area contributed by atoms with Crippen LogP contribution in [0.4, 0.5) is 0 Å². The molecule has 1 aliphatic rings. The van der Waals surface area contributed by atoms with E-state index < -0.39 is 0 Å². The number of hydrogen-bond acceptors (Lipinski definition) is 3. The second-order valence-corrected chi connectivity index (χ2v) is 6.87. The molecule has 0 spiro atoms. The molecule has 0 radical (unpaired) electrons. The fourth-order valence-corrected chi connectivity index (χ4v) is 2.84. The van der Waals surface area contributed by atoms with Crippen LogP contribution in [0.1, 0.15) is 56.3 Å². The predicted molar refractivity (Wildman–Crippen MR) is 96.8 cm³/mol. The molecule has 2 N–H and O–H groups in total. The molecule has 1 amide bonds. The largest absolute Gasteiger partial charge is 0.494 e. The lowest BCUT2D eigenvalue weighted by molar-refractivity contribution is 0.0976. The molecule has 0 aromatic heterocycles. The number of hydrogen-bond donors (Lipinski definition) is 2. The topological polar surface area (TPSA) is 50.4 Å². The number of thiocarbonyl (C=S) groups is 1. The monoisotopic (exact) mass is 334 g/mol. The van der Waals surface area contributed by atoms with Crippen molar-refractivity contribution in [1.29, 1.82) is 0 Å². The highest BCUT2D eigenvalue weighted by Gasteiger charge is 2.16. The number of nitrogens with one attached hydrogen (secondary N) is 2. The van der Waals surface area contributed by atoms with Gasteiger partial charge in [0.2, 0.25) is 0 Å². The molecule has 2 rings (SSSR count). The van der Waals surface area contributed by atoms with Crippen molar-refractivity contribution >= 4 is 23.2 Å². The molecular weight excluding hydrogens is 308 g/mol. The molecule has 1 aromatic rings. The van der Waals surface area contributed by atoms with Gasteiger partial charge in [0.1, 0.15) is 5.75 Å². The van der Waals surface area contributed by atoms with Gasteiger partial charge in [0.05, 0.1) is 6.61 Å². The lowest BCUT2D eigenvalue weighted by Crippen LogP contribution is -2.43. The van der Waals surface area contributed by atoms with Gasteiger partial charge in [0.15, 0.2) is 5.11 Å². The number of amides is 1. The minimum absolute atomic E-state index is 0.186. The number of benzene rings is 1. The summed E-state index contributed by atoms with van der Waals surface area (Å²) in [5.41, 5.74) is 0.580. The van der Waals surface area contributed by atoms with Crippen LogP contribution in [-0.2, 0) is 0 Å². The summed E-state index contributed by atoms with van der Waals surface area (Å²) in [6, 6.07) is 7.57. The van der Waals surface area contributed by atoms with Crippen molar-refractivity contribution < 1.29 is 9.53 Å². The van der Waals surface area contributed by atoms with Crippen molar-refractivity contribution in [2.45, 2.75) is 52.0 Å². The summed E-state index contributed by atoms with van der Waals surface area (Å²) in [5.74, 6) is 1.22. The molecule has 0 unspecified atom stereocenters. The molecule has 126 valence electrons. The zero-order valence-electron chi connectivity index (χ0n) is 13.9. The zero-order chi connectivity index (χ0) is 16.7. The van der Waals surface area contributed by atoms with Gasteiger partial charge >= 0.3 is 0 Å². The van der Waals surface area contributed by atoms with Gasteiger partial charge in [-0.3, -0.25) is 10.1 Å². The zero-order valence-corrected chi connectivity index (χ0v) is 14.7. The summed E-state index contributed by atoms with van der Waals surface area (Å²) in [6.45, 7) is 5.03. The van der Waals surface area contributed by atoms with E-state index in [0.29, 0.717) is 29.2 Å². The number of rotatable bonds is 6. The molecule has 5 heteroatoms. The van der Waals surface area contributed by atoms with Crippen molar-refractivity contribution in [3.63, 3.8) is 0 Å². The molecule has 4 nitrogen and oxygen atoms in total. The minimum Gasteiger partial charge on any atom is -0.494 e. The second-order valence-electron chi connectivity index (χ2n) is 6.46. The number of carbonyl (C=O) groups is 1. The van der Waals surface area contributed by atoms with Gasteiger partial charge in [-0.05, 0) is 61.7 Å². The van der Waals surface area contributed by atoms with Gasteiger partial charge < -0.3 is 10.1 Å². The average Bonchev–Trinajstić information content (AvgIpc) is 3.00. The Labute approximate surface area is 144 Å². The molecule has 1 aromatic carbocycles. The van der Waals surface area contributed by atoms with Gasteiger partial charge in [0.25, 0.3) is 5.91 Å². The third kappa shape index (κ3) is 6.18. The van der Waals surface area contributed by atoms with E-state index in [0.717, 1.165) is 25.0 Å². The van der Waals surface area contributed by atoms with Crippen molar-refractivity contribution in [2.75, 3.05) is 6.61 Å². The summed E-state index contributed by atoms with van der Waals surface area (Å²) in [4.78, 5) is 12.2. The van der Waals surface area contributed by atoms with Crippen molar-refractivity contribution in [3.05, 3.63) is 29.8 Å². The molecule has 0 bridgehead atoms. The van der Waals surface area contributed by atoms with E-state index in [1.165, 1.54) is 12.8 Å². The van der Waals surface area contributed by atoms with Crippen LogP contribution in [0.3, 0.4) is 0 Å². The lowest BCUT2D eigenvalue weighted by atomic mass is 10.1. The fraction of sp³-hybridized carbons (Fsp3) is 0.556. The molecule has 1 saturated carbocycles. The summed E-state index contributed by atoms with van der Waals surface area (Å²) < 4.78 is 5.65. The van der Waals surface area contributed by atoms with Gasteiger partial charge in [0, 0.05) is 11.6 Å². The first kappa shape index (κ1) is 17.7. The Balaban J connectivity index is 1.78. The molecule has 1 aliphatic carbocycles. The summed E-state index contributed by atoms with van der Waals surface area (Å²) in [6.07, 6.45) is 5.72. The maximum absolute atomic E-state index is 12.2. The number of ether oxygens (including phenoxy) is 1. The molecule has 0 heterocycles. The fourth-order valence-electron chi connectivity index (χ4n) is 2.58. The Morgan fingerprint density at radius 2 is 1.91 bits per heavy atom. The standard InChI is InChI=1S/C18H26N2O2S/c1-13(2)11-12-22-16-9-7-14(8-10-16)17(21)20-18(23)19-15-5-3-4-6-15/h7-10,13,15H,3-6,11-12H2,1-2H3,(H2,19,20,21,23). The predicted octanol–water partition coefficient (Wildman–Crippen LogP) is 3.66. The summed E-state index contributed by atoms with van der Waals surface area (Å²) in [5, 5.41) is 6.36. The van der Waals surface area contributed by atoms with E-state index in [1.54, 1.807) is 12.1 Å². The van der Waals surface area contributed by atoms with E-state index in [-0.39, 0.29) is 5.91 Å². The van der Waals surface area contributed by atoms with Crippen molar-refractivity contribution in [3.8, 4) is 5.75 Å². The lowest BCUT2D eigenvalue weighted by Gasteiger charge is -2.15. The Bertz CT molecular complexity index is 522. The number of carbonyl (C=O) groups excluding carboxylic acids is 1. The Morgan fingerprint density at radius 3 is 2.52 bits per heavy atom. The summed E-state index contributed by atoms with van der Waals surface area (Å²) in [7, 11) is 0. The van der Waals surface area contributed by atoms with Gasteiger partial charge in [-0.15, -0.1) is 0 Å². The third-order valence-corrected chi connectivity index (χ3v) is 4.22. The van der Waals surface area contributed by atoms with Crippen molar-refractivity contribution in [2.24, 2.45) is 5.92 Å². The molecule has 1 fully saturated rings. The summed E-state index contributed by atoms with van der Waals surface area (Å²) >= 11 is 5.21. The normalized spacial score (nSPS) is 14.7. The first-order chi connectivity index (χ1) is 11.0. The smallest absolute Gasteiger partial charge is 0.257 e. The average molecular weight is 334 g/mol. The molecular formula is C18H26N2O2S.